The third kappa shape index (κ3) is 3.51. The van der Waals surface area contributed by atoms with Gasteiger partial charge in [-0.2, -0.15) is 13.2 Å². The van der Waals surface area contributed by atoms with E-state index in [0.717, 1.165) is 63.0 Å². The summed E-state index contributed by atoms with van der Waals surface area (Å²) in [6.07, 6.45) is 1.66. The molecule has 0 unspecified atom stereocenters. The minimum Gasteiger partial charge on any atom is -0.354 e. The van der Waals surface area contributed by atoms with Gasteiger partial charge in [0.05, 0.1) is 0 Å². The quantitative estimate of drug-likeness (QED) is 0.839. The fraction of sp³-hybridized carbons (Fsp3) is 0.500. The smallest absolute Gasteiger partial charge is 0.354 e. The molecule has 2 aromatic rings. The fourth-order valence-corrected chi connectivity index (χ4v) is 3.72. The molecule has 8 heteroatoms. The first kappa shape index (κ1) is 17.2. The van der Waals surface area contributed by atoms with Gasteiger partial charge in [0.15, 0.2) is 0 Å². The standard InChI is InChI=1S/C18H20F3N5/c19-18(20,21)16-10-13(4-5-22-16)11-25-6-8-26(9-7-25)17-14-2-1-3-15(14)23-12-24-17/h4-5,10,12H,1-3,6-9,11H2. The molecule has 26 heavy (non-hydrogen) atoms. The summed E-state index contributed by atoms with van der Waals surface area (Å²) in [5.41, 5.74) is 2.24. The Bertz CT molecular complexity index is 785. The Morgan fingerprint density at radius 3 is 2.58 bits per heavy atom. The second kappa shape index (κ2) is 6.83. The van der Waals surface area contributed by atoms with E-state index in [9.17, 15) is 13.2 Å². The van der Waals surface area contributed by atoms with Crippen molar-refractivity contribution < 1.29 is 13.2 Å². The lowest BCUT2D eigenvalue weighted by molar-refractivity contribution is -0.141. The molecule has 0 aromatic carbocycles. The first-order chi connectivity index (χ1) is 12.5. The summed E-state index contributed by atoms with van der Waals surface area (Å²) in [6.45, 7) is 3.73. The van der Waals surface area contributed by atoms with Gasteiger partial charge in [0, 0.05) is 50.2 Å². The lowest BCUT2D eigenvalue weighted by atomic mass is 10.1. The van der Waals surface area contributed by atoms with E-state index in [2.05, 4.69) is 24.8 Å². The molecule has 1 fully saturated rings. The largest absolute Gasteiger partial charge is 0.433 e. The third-order valence-electron chi connectivity index (χ3n) is 5.05. The van der Waals surface area contributed by atoms with Crippen LogP contribution in [0.3, 0.4) is 0 Å². The predicted octanol–water partition coefficient (Wildman–Crippen LogP) is 2.70. The van der Waals surface area contributed by atoms with Gasteiger partial charge in [-0.3, -0.25) is 9.88 Å². The molecule has 0 N–H and O–H groups in total. The number of hydrogen-bond acceptors (Lipinski definition) is 5. The Morgan fingerprint density at radius 2 is 1.81 bits per heavy atom. The van der Waals surface area contributed by atoms with Gasteiger partial charge in [0.1, 0.15) is 17.8 Å². The highest BCUT2D eigenvalue weighted by molar-refractivity contribution is 5.50. The van der Waals surface area contributed by atoms with Crippen molar-refractivity contribution in [1.82, 2.24) is 19.9 Å². The van der Waals surface area contributed by atoms with E-state index >= 15 is 0 Å². The average Bonchev–Trinajstić information content (AvgIpc) is 3.11. The summed E-state index contributed by atoms with van der Waals surface area (Å²) in [4.78, 5) is 16.7. The molecule has 4 rings (SSSR count). The van der Waals surface area contributed by atoms with Gasteiger partial charge in [0.2, 0.25) is 0 Å². The molecule has 2 aliphatic rings. The van der Waals surface area contributed by atoms with Crippen molar-refractivity contribution in [2.45, 2.75) is 32.0 Å². The molecule has 2 aromatic heterocycles. The van der Waals surface area contributed by atoms with Crippen LogP contribution in [-0.2, 0) is 25.6 Å². The maximum atomic E-state index is 12.8. The van der Waals surface area contributed by atoms with E-state index in [1.807, 2.05) is 0 Å². The second-order valence-corrected chi connectivity index (χ2v) is 6.79. The molecule has 5 nitrogen and oxygen atoms in total. The van der Waals surface area contributed by atoms with E-state index in [-0.39, 0.29) is 0 Å². The van der Waals surface area contributed by atoms with Gasteiger partial charge in [-0.1, -0.05) is 0 Å². The van der Waals surface area contributed by atoms with Crippen molar-refractivity contribution in [3.63, 3.8) is 0 Å². The fourth-order valence-electron chi connectivity index (χ4n) is 3.72. The number of rotatable bonds is 3. The number of aryl methyl sites for hydroxylation is 1. The summed E-state index contributed by atoms with van der Waals surface area (Å²) < 4.78 is 38.4. The maximum absolute atomic E-state index is 12.8. The Balaban J connectivity index is 1.40. The predicted molar refractivity (Wildman–Crippen MR) is 90.8 cm³/mol. The Labute approximate surface area is 149 Å². The van der Waals surface area contributed by atoms with Crippen LogP contribution in [0.5, 0.6) is 0 Å². The number of piperazine rings is 1. The lowest BCUT2D eigenvalue weighted by Gasteiger charge is -2.36. The number of halogens is 3. The minimum absolute atomic E-state index is 0.501. The zero-order valence-corrected chi connectivity index (χ0v) is 14.3. The van der Waals surface area contributed by atoms with E-state index in [0.29, 0.717) is 12.1 Å². The topological polar surface area (TPSA) is 45.2 Å². The summed E-state index contributed by atoms with van der Waals surface area (Å²) in [7, 11) is 0. The van der Waals surface area contributed by atoms with E-state index in [1.54, 1.807) is 12.4 Å². The van der Waals surface area contributed by atoms with Crippen LogP contribution in [0.25, 0.3) is 0 Å². The summed E-state index contributed by atoms with van der Waals surface area (Å²) in [5, 5.41) is 0. The normalized spacial score (nSPS) is 18.2. The molecule has 1 saturated heterocycles. The lowest BCUT2D eigenvalue weighted by Crippen LogP contribution is -2.46. The molecular weight excluding hydrogens is 343 g/mol. The third-order valence-corrected chi connectivity index (χ3v) is 5.05. The van der Waals surface area contributed by atoms with Crippen molar-refractivity contribution in [2.24, 2.45) is 0 Å². The number of pyridine rings is 1. The molecular formula is C18H20F3N5. The molecule has 138 valence electrons. The summed E-state index contributed by atoms with van der Waals surface area (Å²) >= 11 is 0. The zero-order valence-electron chi connectivity index (χ0n) is 14.3. The van der Waals surface area contributed by atoms with E-state index in [1.165, 1.54) is 11.8 Å². The summed E-state index contributed by atoms with van der Waals surface area (Å²) in [5.74, 6) is 1.04. The molecule has 0 atom stereocenters. The van der Waals surface area contributed by atoms with Gasteiger partial charge in [-0.05, 0) is 37.0 Å². The minimum atomic E-state index is -4.40. The molecule has 0 saturated carbocycles. The van der Waals surface area contributed by atoms with E-state index in [4.69, 9.17) is 0 Å². The summed E-state index contributed by atoms with van der Waals surface area (Å²) in [6, 6.07) is 2.79. The average molecular weight is 363 g/mol. The van der Waals surface area contributed by atoms with Crippen molar-refractivity contribution in [3.8, 4) is 0 Å². The van der Waals surface area contributed by atoms with Crippen molar-refractivity contribution >= 4 is 5.82 Å². The monoisotopic (exact) mass is 363 g/mol. The van der Waals surface area contributed by atoms with Crippen LogP contribution in [-0.4, -0.2) is 46.0 Å². The second-order valence-electron chi connectivity index (χ2n) is 6.79. The highest BCUT2D eigenvalue weighted by Gasteiger charge is 2.32. The van der Waals surface area contributed by atoms with Crippen LogP contribution < -0.4 is 4.90 Å². The van der Waals surface area contributed by atoms with Crippen molar-refractivity contribution in [2.75, 3.05) is 31.1 Å². The molecule has 0 amide bonds. The van der Waals surface area contributed by atoms with Gasteiger partial charge >= 0.3 is 6.18 Å². The first-order valence-electron chi connectivity index (χ1n) is 8.83. The molecule has 0 bridgehead atoms. The number of fused-ring (bicyclic) bond motifs is 1. The van der Waals surface area contributed by atoms with Crippen molar-refractivity contribution in [3.05, 3.63) is 47.2 Å². The Morgan fingerprint density at radius 1 is 1.00 bits per heavy atom. The molecule has 1 aliphatic carbocycles. The number of nitrogens with zero attached hydrogens (tertiary/aromatic N) is 5. The van der Waals surface area contributed by atoms with Crippen LogP contribution in [0.15, 0.2) is 24.7 Å². The zero-order chi connectivity index (χ0) is 18.1. The van der Waals surface area contributed by atoms with Crippen LogP contribution in [0.1, 0.15) is 28.9 Å². The maximum Gasteiger partial charge on any atom is 0.433 e. The van der Waals surface area contributed by atoms with Gasteiger partial charge in [-0.25, -0.2) is 9.97 Å². The van der Waals surface area contributed by atoms with Gasteiger partial charge in [-0.15, -0.1) is 0 Å². The number of alkyl halides is 3. The first-order valence-corrected chi connectivity index (χ1v) is 8.83. The number of anilines is 1. The molecule has 1 aliphatic heterocycles. The highest BCUT2D eigenvalue weighted by Crippen LogP contribution is 2.29. The Kier molecular flexibility index (Phi) is 4.52. The Hall–Kier alpha value is -2.22. The van der Waals surface area contributed by atoms with Crippen molar-refractivity contribution in [1.29, 1.82) is 0 Å². The number of hydrogen-bond donors (Lipinski definition) is 0. The van der Waals surface area contributed by atoms with Crippen LogP contribution in [0, 0.1) is 0 Å². The van der Waals surface area contributed by atoms with Gasteiger partial charge < -0.3 is 4.90 Å². The molecule has 3 heterocycles. The molecule has 0 radical (unpaired) electrons. The van der Waals surface area contributed by atoms with Crippen LogP contribution >= 0.6 is 0 Å². The van der Waals surface area contributed by atoms with Crippen LogP contribution in [0.2, 0.25) is 0 Å². The molecule has 0 spiro atoms. The number of aromatic nitrogens is 3. The van der Waals surface area contributed by atoms with Gasteiger partial charge in [0.25, 0.3) is 0 Å². The van der Waals surface area contributed by atoms with Crippen LogP contribution in [0.4, 0.5) is 19.0 Å². The SMILES string of the molecule is FC(F)(F)c1cc(CN2CCN(c3ncnc4c3CCC4)CC2)ccn1. The van der Waals surface area contributed by atoms with E-state index < -0.39 is 11.9 Å². The highest BCUT2D eigenvalue weighted by atomic mass is 19.4.